The molecule has 0 saturated carbocycles. The van der Waals surface area contributed by atoms with Gasteiger partial charge in [0, 0.05) is 10.8 Å². The molecule has 11 rings (SSSR count). The lowest BCUT2D eigenvalue weighted by molar-refractivity contribution is 0.0520. The number of carbonyl (C=O) groups excluding carboxylic acids is 2. The summed E-state index contributed by atoms with van der Waals surface area (Å²) >= 11 is 0. The van der Waals surface area contributed by atoms with Crippen molar-refractivity contribution in [3.63, 3.8) is 0 Å². The Labute approximate surface area is 363 Å². The van der Waals surface area contributed by atoms with Gasteiger partial charge in [-0.3, -0.25) is 0 Å². The predicted molar refractivity (Wildman–Crippen MR) is 264 cm³/mol. The van der Waals surface area contributed by atoms with Gasteiger partial charge >= 0.3 is 11.9 Å². The maximum absolute atomic E-state index is 15.3. The molecule has 302 valence electrons. The van der Waals surface area contributed by atoms with E-state index in [4.69, 9.17) is 9.47 Å². The molecule has 0 fully saturated rings. The SMILES string of the molecule is CCOC(=O)c1c(-c2ccccc2)c2c(c3c1c1cc4ccccc4cc1c1c(C(=O)OCC)c(-c4ccccc4)c4c(c13)-c1ccccc1[Si]4(C)C)-c1ccccc1[Si]2(C)C. The Morgan fingerprint density at radius 3 is 1.18 bits per heavy atom. The molecule has 62 heavy (non-hydrogen) atoms. The number of ether oxygens (including phenoxy) is 2. The van der Waals surface area contributed by atoms with Crippen LogP contribution in [0.15, 0.2) is 146 Å². The molecule has 0 radical (unpaired) electrons. The second kappa shape index (κ2) is 14.0. The maximum atomic E-state index is 15.3. The van der Waals surface area contributed by atoms with Crippen molar-refractivity contribution in [2.45, 2.75) is 40.0 Å². The van der Waals surface area contributed by atoms with Gasteiger partial charge in [0.2, 0.25) is 0 Å². The molecule has 0 unspecified atom stereocenters. The molecule has 0 N–H and O–H groups in total. The van der Waals surface area contributed by atoms with E-state index >= 15 is 9.59 Å². The van der Waals surface area contributed by atoms with Crippen LogP contribution in [-0.4, -0.2) is 41.3 Å². The Morgan fingerprint density at radius 1 is 0.435 bits per heavy atom. The third kappa shape index (κ3) is 5.17. The Kier molecular flexibility index (Phi) is 8.63. The van der Waals surface area contributed by atoms with Crippen molar-refractivity contribution in [2.24, 2.45) is 0 Å². The van der Waals surface area contributed by atoms with Crippen molar-refractivity contribution in [1.82, 2.24) is 0 Å². The summed E-state index contributed by atoms with van der Waals surface area (Å²) in [6.07, 6.45) is 0. The summed E-state index contributed by atoms with van der Waals surface area (Å²) in [5, 5.41) is 12.8. The Morgan fingerprint density at radius 2 is 0.790 bits per heavy atom. The van der Waals surface area contributed by atoms with Crippen molar-refractivity contribution in [1.29, 1.82) is 0 Å². The van der Waals surface area contributed by atoms with E-state index in [9.17, 15) is 0 Å². The van der Waals surface area contributed by atoms with Gasteiger partial charge in [0.1, 0.15) is 16.1 Å². The Balaban J connectivity index is 1.57. The molecule has 9 aromatic carbocycles. The highest BCUT2D eigenvalue weighted by molar-refractivity contribution is 7.06. The lowest BCUT2D eigenvalue weighted by atomic mass is 9.78. The van der Waals surface area contributed by atoms with Crippen LogP contribution < -0.4 is 20.7 Å². The van der Waals surface area contributed by atoms with Crippen LogP contribution in [-0.2, 0) is 9.47 Å². The zero-order chi connectivity index (χ0) is 42.7. The van der Waals surface area contributed by atoms with Crippen LogP contribution in [0.3, 0.4) is 0 Å². The summed E-state index contributed by atoms with van der Waals surface area (Å²) in [5.74, 6) is -0.681. The molecular weight excluding hydrogens is 793 g/mol. The second-order valence-corrected chi connectivity index (χ2v) is 26.3. The van der Waals surface area contributed by atoms with E-state index in [0.29, 0.717) is 11.1 Å². The highest BCUT2D eigenvalue weighted by atomic mass is 28.3. The van der Waals surface area contributed by atoms with Crippen LogP contribution >= 0.6 is 0 Å². The number of esters is 2. The van der Waals surface area contributed by atoms with Gasteiger partial charge in [-0.25, -0.2) is 9.59 Å². The summed E-state index contributed by atoms with van der Waals surface area (Å²) in [7, 11) is -5.11. The number of rotatable bonds is 6. The maximum Gasteiger partial charge on any atom is 0.339 e. The van der Waals surface area contributed by atoms with Crippen LogP contribution in [0.4, 0.5) is 0 Å². The summed E-state index contributed by atoms with van der Waals surface area (Å²) in [4.78, 5) is 30.7. The van der Waals surface area contributed by atoms with E-state index in [-0.39, 0.29) is 25.2 Å². The highest BCUT2D eigenvalue weighted by Crippen LogP contribution is 2.53. The van der Waals surface area contributed by atoms with E-state index in [1.54, 1.807) is 0 Å². The van der Waals surface area contributed by atoms with Gasteiger partial charge in [-0.05, 0) is 124 Å². The molecule has 6 heteroatoms. The van der Waals surface area contributed by atoms with Crippen LogP contribution in [0.25, 0.3) is 87.6 Å². The summed E-state index contributed by atoms with van der Waals surface area (Å²) in [6.45, 7) is 13.9. The highest BCUT2D eigenvalue weighted by Gasteiger charge is 2.47. The first kappa shape index (κ1) is 38.3. The van der Waals surface area contributed by atoms with Crippen molar-refractivity contribution >= 4 is 91.9 Å². The van der Waals surface area contributed by atoms with Crippen molar-refractivity contribution < 1.29 is 19.1 Å². The molecule has 0 spiro atoms. The third-order valence-corrected chi connectivity index (χ3v) is 20.8. The van der Waals surface area contributed by atoms with Crippen molar-refractivity contribution in [3.05, 3.63) is 157 Å². The molecule has 0 amide bonds. The first-order chi connectivity index (χ1) is 30.1. The number of hydrogen-bond donors (Lipinski definition) is 0. The van der Waals surface area contributed by atoms with Gasteiger partial charge in [-0.2, -0.15) is 0 Å². The summed E-state index contributed by atoms with van der Waals surface area (Å²) in [6, 6.07) is 51.6. The van der Waals surface area contributed by atoms with E-state index in [0.717, 1.165) is 76.5 Å². The van der Waals surface area contributed by atoms with Crippen molar-refractivity contribution in [3.8, 4) is 44.5 Å². The van der Waals surface area contributed by atoms with E-state index in [2.05, 4.69) is 160 Å². The fourth-order valence-corrected chi connectivity index (χ4v) is 18.2. The molecular formula is C56H46O4Si2. The lowest BCUT2D eigenvalue weighted by Crippen LogP contribution is -2.50. The zero-order valence-corrected chi connectivity index (χ0v) is 37.9. The molecule has 0 saturated heterocycles. The molecule has 2 aliphatic heterocycles. The van der Waals surface area contributed by atoms with Gasteiger partial charge in [0.15, 0.2) is 0 Å². The number of fused-ring (bicyclic) bond motifs is 15. The summed E-state index contributed by atoms with van der Waals surface area (Å²) < 4.78 is 12.4. The van der Waals surface area contributed by atoms with E-state index in [1.165, 1.54) is 31.9 Å². The van der Waals surface area contributed by atoms with Crippen LogP contribution in [0, 0.1) is 0 Å². The smallest absolute Gasteiger partial charge is 0.339 e. The molecule has 9 aromatic rings. The predicted octanol–water partition coefficient (Wildman–Crippen LogP) is 11.6. The lowest BCUT2D eigenvalue weighted by Gasteiger charge is -2.29. The minimum Gasteiger partial charge on any atom is -0.462 e. The van der Waals surface area contributed by atoms with E-state index < -0.39 is 16.1 Å². The minimum atomic E-state index is -2.55. The van der Waals surface area contributed by atoms with Crippen LogP contribution in [0.2, 0.25) is 26.2 Å². The molecule has 2 heterocycles. The first-order valence-corrected chi connectivity index (χ1v) is 27.8. The van der Waals surface area contributed by atoms with Gasteiger partial charge in [0.05, 0.1) is 24.3 Å². The molecule has 2 aliphatic rings. The van der Waals surface area contributed by atoms with Crippen LogP contribution in [0.5, 0.6) is 0 Å². The Hall–Kier alpha value is -6.61. The quantitative estimate of drug-likeness (QED) is 0.0724. The number of hydrogen-bond acceptors (Lipinski definition) is 4. The Bertz CT molecular complexity index is 3180. The molecule has 4 nitrogen and oxygen atoms in total. The van der Waals surface area contributed by atoms with Gasteiger partial charge in [-0.1, -0.05) is 160 Å². The fourth-order valence-electron chi connectivity index (χ4n) is 11.3. The van der Waals surface area contributed by atoms with Gasteiger partial charge in [-0.15, -0.1) is 0 Å². The zero-order valence-electron chi connectivity index (χ0n) is 35.9. The van der Waals surface area contributed by atoms with Crippen molar-refractivity contribution in [2.75, 3.05) is 13.2 Å². The normalized spacial score (nSPS) is 14.2. The van der Waals surface area contributed by atoms with Crippen LogP contribution in [0.1, 0.15) is 34.6 Å². The summed E-state index contributed by atoms with van der Waals surface area (Å²) in [5.41, 5.74) is 9.77. The molecule has 0 atom stereocenters. The molecule has 0 aliphatic carbocycles. The topological polar surface area (TPSA) is 52.6 Å². The average Bonchev–Trinajstić information content (AvgIpc) is 3.68. The monoisotopic (exact) mass is 838 g/mol. The largest absolute Gasteiger partial charge is 0.462 e. The standard InChI is InChI=1S/C56H46O4Si2/c1-7-59-55(57)51-43(33-21-11-9-12-22-33)53-47(37-27-17-19-29-41(37)61(53,3)4)49-45(51)39-31-35-25-15-16-26-36(35)32-40(39)46-50(49)48-38-28-18-20-30-42(38)62(5,6)54(48)44(34-23-13-10-14-24-34)52(46)56(58)60-8-2/h9-32H,7-8H2,1-6H3. The third-order valence-electron chi connectivity index (χ3n) is 13.7. The minimum absolute atomic E-state index is 0.233. The van der Waals surface area contributed by atoms with E-state index in [1.807, 2.05) is 26.0 Å². The first-order valence-electron chi connectivity index (χ1n) is 21.8. The number of benzene rings is 9. The molecule has 0 aromatic heterocycles. The van der Waals surface area contributed by atoms with Gasteiger partial charge < -0.3 is 9.47 Å². The molecule has 0 bridgehead atoms. The number of carbonyl (C=O) groups is 2. The average molecular weight is 839 g/mol. The van der Waals surface area contributed by atoms with Gasteiger partial charge in [0.25, 0.3) is 0 Å². The fraction of sp³-hybridized carbons (Fsp3) is 0.143. The second-order valence-electron chi connectivity index (χ2n) is 17.8.